The van der Waals surface area contributed by atoms with Crippen molar-refractivity contribution < 1.29 is 4.74 Å². The number of hydrogen-bond acceptors (Lipinski definition) is 3. The van der Waals surface area contributed by atoms with Crippen molar-refractivity contribution in [2.24, 2.45) is 5.73 Å². The van der Waals surface area contributed by atoms with Crippen LogP contribution in [0.25, 0.3) is 0 Å². The van der Waals surface area contributed by atoms with Gasteiger partial charge < -0.3 is 10.5 Å². The fraction of sp³-hybridized carbons (Fsp3) is 0.538. The van der Waals surface area contributed by atoms with Crippen LogP contribution < -0.4 is 10.5 Å². The van der Waals surface area contributed by atoms with Crippen LogP contribution in [0.3, 0.4) is 0 Å². The Morgan fingerprint density at radius 3 is 2.65 bits per heavy atom. The van der Waals surface area contributed by atoms with Gasteiger partial charge in [-0.25, -0.2) is 0 Å². The normalized spacial score (nSPS) is 11.7. The fourth-order valence-corrected chi connectivity index (χ4v) is 1.68. The Kier molecular flexibility index (Phi) is 9.41. The molecule has 0 heterocycles. The molecule has 4 heteroatoms. The van der Waals surface area contributed by atoms with E-state index in [4.69, 9.17) is 10.5 Å². The van der Waals surface area contributed by atoms with E-state index in [9.17, 15) is 0 Å². The lowest BCUT2D eigenvalue weighted by Crippen LogP contribution is -2.21. The van der Waals surface area contributed by atoms with Crippen molar-refractivity contribution in [3.63, 3.8) is 0 Å². The van der Waals surface area contributed by atoms with Crippen molar-refractivity contribution in [2.45, 2.75) is 32.2 Å². The number of unbranched alkanes of at least 4 members (excludes halogenated alkanes) is 1. The van der Waals surface area contributed by atoms with Gasteiger partial charge in [-0.1, -0.05) is 18.2 Å². The molecule has 0 radical (unpaired) electrons. The first-order valence-electron chi connectivity index (χ1n) is 5.79. The number of ether oxygens (including phenoxy) is 1. The Hall–Kier alpha value is -0.380. The molecule has 0 unspecified atom stereocenters. The minimum atomic E-state index is 0. The molecule has 0 aromatic heterocycles. The minimum absolute atomic E-state index is 0. The van der Waals surface area contributed by atoms with Crippen LogP contribution in [-0.2, 0) is 0 Å². The van der Waals surface area contributed by atoms with E-state index in [0.717, 1.165) is 37.4 Å². The molecular formula is C13H22ClNOS. The van der Waals surface area contributed by atoms with Crippen LogP contribution in [-0.4, -0.2) is 18.4 Å². The predicted molar refractivity (Wildman–Crippen MR) is 79.6 cm³/mol. The largest absolute Gasteiger partial charge is 0.493 e. The summed E-state index contributed by atoms with van der Waals surface area (Å²) in [6, 6.07) is 8.32. The summed E-state index contributed by atoms with van der Waals surface area (Å²) in [5.74, 6) is 1.75. The molecule has 0 amide bonds. The molecule has 0 aliphatic rings. The summed E-state index contributed by atoms with van der Waals surface area (Å²) in [7, 11) is 0. The van der Waals surface area contributed by atoms with E-state index in [2.05, 4.69) is 25.6 Å². The number of halogens is 1. The zero-order valence-corrected chi connectivity index (χ0v) is 12.0. The van der Waals surface area contributed by atoms with E-state index in [1.165, 1.54) is 5.56 Å². The average molecular weight is 276 g/mol. The summed E-state index contributed by atoms with van der Waals surface area (Å²) in [5.41, 5.74) is 6.96. The smallest absolute Gasteiger partial charge is 0.122 e. The van der Waals surface area contributed by atoms with Crippen molar-refractivity contribution in [3.8, 4) is 5.75 Å². The third-order valence-corrected chi connectivity index (χ3v) is 3.02. The van der Waals surface area contributed by atoms with Crippen LogP contribution >= 0.6 is 25.0 Å². The Bertz CT molecular complexity index is 309. The zero-order valence-electron chi connectivity index (χ0n) is 10.3. The molecule has 0 aliphatic heterocycles. The molecule has 2 N–H and O–H groups in total. The zero-order chi connectivity index (χ0) is 11.8. The van der Waals surface area contributed by atoms with Crippen LogP contribution in [0.2, 0.25) is 0 Å². The maximum absolute atomic E-state index is 5.77. The molecule has 98 valence electrons. The first-order valence-corrected chi connectivity index (χ1v) is 6.42. The summed E-state index contributed by atoms with van der Waals surface area (Å²) in [5, 5.41) is 0. The second-order valence-electron chi connectivity index (χ2n) is 4.05. The molecule has 0 saturated heterocycles. The van der Waals surface area contributed by atoms with Gasteiger partial charge in [-0.15, -0.1) is 12.4 Å². The third-order valence-electron chi connectivity index (χ3n) is 2.55. The summed E-state index contributed by atoms with van der Waals surface area (Å²) >= 11 is 4.15. The number of aryl methyl sites for hydroxylation is 1. The molecule has 2 nitrogen and oxygen atoms in total. The number of thiol groups is 1. The Labute approximate surface area is 116 Å². The monoisotopic (exact) mass is 275 g/mol. The van der Waals surface area contributed by atoms with Gasteiger partial charge in [-0.05, 0) is 37.8 Å². The van der Waals surface area contributed by atoms with Crippen LogP contribution in [0.5, 0.6) is 5.75 Å². The van der Waals surface area contributed by atoms with Gasteiger partial charge in [-0.2, -0.15) is 12.6 Å². The van der Waals surface area contributed by atoms with Crippen LogP contribution in [0.4, 0.5) is 0 Å². The highest BCUT2D eigenvalue weighted by Crippen LogP contribution is 2.16. The Balaban J connectivity index is 0.00000256. The highest BCUT2D eigenvalue weighted by molar-refractivity contribution is 7.80. The van der Waals surface area contributed by atoms with E-state index >= 15 is 0 Å². The summed E-state index contributed by atoms with van der Waals surface area (Å²) in [4.78, 5) is 0. The van der Waals surface area contributed by atoms with E-state index in [1.54, 1.807) is 0 Å². The molecule has 0 aliphatic carbocycles. The lowest BCUT2D eigenvalue weighted by atomic mass is 10.1. The number of benzene rings is 1. The molecule has 1 atom stereocenters. The summed E-state index contributed by atoms with van der Waals surface area (Å²) < 4.78 is 5.69. The van der Waals surface area contributed by atoms with E-state index < -0.39 is 0 Å². The van der Waals surface area contributed by atoms with Gasteiger partial charge in [0.05, 0.1) is 6.61 Å². The van der Waals surface area contributed by atoms with Crippen molar-refractivity contribution in [2.75, 3.05) is 12.4 Å². The van der Waals surface area contributed by atoms with Crippen LogP contribution in [0.15, 0.2) is 24.3 Å². The van der Waals surface area contributed by atoms with Crippen molar-refractivity contribution >= 4 is 25.0 Å². The molecule has 1 rings (SSSR count). The topological polar surface area (TPSA) is 35.2 Å². The number of para-hydroxylation sites is 1. The van der Waals surface area contributed by atoms with Crippen LogP contribution in [0.1, 0.15) is 24.8 Å². The van der Waals surface area contributed by atoms with Crippen molar-refractivity contribution in [1.82, 2.24) is 0 Å². The van der Waals surface area contributed by atoms with Gasteiger partial charge in [0.25, 0.3) is 0 Å². The molecule has 0 fully saturated rings. The number of rotatable bonds is 7. The molecule has 0 spiro atoms. The Morgan fingerprint density at radius 2 is 2.00 bits per heavy atom. The SMILES string of the molecule is Cc1ccccc1OCCCC[C@@H](N)CS.Cl. The highest BCUT2D eigenvalue weighted by atomic mass is 35.5. The fourth-order valence-electron chi connectivity index (χ4n) is 1.50. The number of hydrogen-bond donors (Lipinski definition) is 2. The molecule has 1 aromatic carbocycles. The summed E-state index contributed by atoms with van der Waals surface area (Å²) in [6.07, 6.45) is 3.18. The first kappa shape index (κ1) is 16.6. The van der Waals surface area contributed by atoms with Gasteiger partial charge in [0.1, 0.15) is 5.75 Å². The standard InChI is InChI=1S/C13H21NOS.ClH/c1-11-6-2-3-8-13(11)15-9-5-4-7-12(14)10-16;/h2-3,6,8,12,16H,4-5,7,9-10,14H2,1H3;1H/t12-;/m1./s1. The minimum Gasteiger partial charge on any atom is -0.493 e. The van der Waals surface area contributed by atoms with Gasteiger partial charge in [0, 0.05) is 11.8 Å². The van der Waals surface area contributed by atoms with E-state index in [0.29, 0.717) is 0 Å². The van der Waals surface area contributed by atoms with Gasteiger partial charge in [0.2, 0.25) is 0 Å². The predicted octanol–water partition coefficient (Wildman–Crippen LogP) is 3.22. The highest BCUT2D eigenvalue weighted by Gasteiger charge is 2.00. The molecule has 1 aromatic rings. The maximum atomic E-state index is 5.77. The molecule has 0 saturated carbocycles. The van der Waals surface area contributed by atoms with E-state index in [-0.39, 0.29) is 18.4 Å². The van der Waals surface area contributed by atoms with Gasteiger partial charge in [-0.3, -0.25) is 0 Å². The summed E-state index contributed by atoms with van der Waals surface area (Å²) in [6.45, 7) is 2.83. The van der Waals surface area contributed by atoms with Crippen molar-refractivity contribution in [1.29, 1.82) is 0 Å². The Morgan fingerprint density at radius 1 is 1.29 bits per heavy atom. The van der Waals surface area contributed by atoms with Crippen LogP contribution in [0, 0.1) is 6.92 Å². The molecule has 17 heavy (non-hydrogen) atoms. The average Bonchev–Trinajstić information content (AvgIpc) is 2.30. The quantitative estimate of drug-likeness (QED) is 0.592. The van der Waals surface area contributed by atoms with Gasteiger partial charge in [0.15, 0.2) is 0 Å². The van der Waals surface area contributed by atoms with Crippen molar-refractivity contribution in [3.05, 3.63) is 29.8 Å². The second-order valence-corrected chi connectivity index (χ2v) is 4.42. The maximum Gasteiger partial charge on any atom is 0.122 e. The molecule has 0 bridgehead atoms. The van der Waals surface area contributed by atoms with Gasteiger partial charge >= 0.3 is 0 Å². The first-order chi connectivity index (χ1) is 7.74. The lowest BCUT2D eigenvalue weighted by Gasteiger charge is -2.10. The second kappa shape index (κ2) is 9.63. The molecular weight excluding hydrogens is 254 g/mol. The van der Waals surface area contributed by atoms with E-state index in [1.807, 2.05) is 18.2 Å². The number of nitrogens with two attached hydrogens (primary N) is 1. The third kappa shape index (κ3) is 6.81. The lowest BCUT2D eigenvalue weighted by molar-refractivity contribution is 0.302.